The van der Waals surface area contributed by atoms with Crippen LogP contribution in [0.15, 0.2) is 48.5 Å². The highest BCUT2D eigenvalue weighted by Crippen LogP contribution is 2.14. The molecule has 2 rings (SSSR count). The minimum Gasteiger partial charge on any atom is -0.347 e. The number of aryl methyl sites for hydroxylation is 1. The first-order valence-electron chi connectivity index (χ1n) is 7.92. The lowest BCUT2D eigenvalue weighted by molar-refractivity contribution is -0.123. The minimum atomic E-state index is -0.336. The van der Waals surface area contributed by atoms with Crippen molar-refractivity contribution in [2.24, 2.45) is 0 Å². The molecule has 3 amide bonds. The Morgan fingerprint density at radius 3 is 2.24 bits per heavy atom. The van der Waals surface area contributed by atoms with Gasteiger partial charge < -0.3 is 16.0 Å². The SMILES string of the molecule is CC(=O)Nc1cccc(NC(=O)CNC(=O)Cc2cccc(C)c2)c1. The van der Waals surface area contributed by atoms with Crippen molar-refractivity contribution in [2.75, 3.05) is 17.2 Å². The van der Waals surface area contributed by atoms with E-state index in [1.54, 1.807) is 24.3 Å². The molecular formula is C19H21N3O3. The van der Waals surface area contributed by atoms with Gasteiger partial charge in [-0.25, -0.2) is 0 Å². The average molecular weight is 339 g/mol. The Balaban J connectivity index is 1.82. The summed E-state index contributed by atoms with van der Waals surface area (Å²) >= 11 is 0. The second-order valence-corrected chi connectivity index (χ2v) is 5.75. The van der Waals surface area contributed by atoms with Gasteiger partial charge in [-0.1, -0.05) is 35.9 Å². The summed E-state index contributed by atoms with van der Waals surface area (Å²) in [5, 5.41) is 7.92. The molecule has 2 aromatic carbocycles. The lowest BCUT2D eigenvalue weighted by atomic mass is 10.1. The molecule has 0 aliphatic heterocycles. The molecule has 0 saturated heterocycles. The number of hydrogen-bond donors (Lipinski definition) is 3. The summed E-state index contributed by atoms with van der Waals surface area (Å²) < 4.78 is 0. The summed E-state index contributed by atoms with van der Waals surface area (Å²) in [7, 11) is 0. The highest BCUT2D eigenvalue weighted by atomic mass is 16.2. The van der Waals surface area contributed by atoms with Gasteiger partial charge >= 0.3 is 0 Å². The van der Waals surface area contributed by atoms with Crippen LogP contribution < -0.4 is 16.0 Å². The maximum absolute atomic E-state index is 11.9. The van der Waals surface area contributed by atoms with Crippen LogP contribution in [0.2, 0.25) is 0 Å². The summed E-state index contributed by atoms with van der Waals surface area (Å²) in [5.41, 5.74) is 3.13. The molecule has 130 valence electrons. The van der Waals surface area contributed by atoms with Gasteiger partial charge in [0.1, 0.15) is 0 Å². The Kier molecular flexibility index (Phi) is 6.28. The predicted molar refractivity (Wildman–Crippen MR) is 97.3 cm³/mol. The second kappa shape index (κ2) is 8.63. The van der Waals surface area contributed by atoms with Crippen molar-refractivity contribution in [1.82, 2.24) is 5.32 Å². The fourth-order valence-corrected chi connectivity index (χ4v) is 2.33. The second-order valence-electron chi connectivity index (χ2n) is 5.75. The van der Waals surface area contributed by atoms with E-state index in [2.05, 4.69) is 16.0 Å². The van der Waals surface area contributed by atoms with Gasteiger partial charge in [-0.05, 0) is 30.7 Å². The summed E-state index contributed by atoms with van der Waals surface area (Å²) in [5.74, 6) is -0.739. The lowest BCUT2D eigenvalue weighted by Gasteiger charge is -2.09. The van der Waals surface area contributed by atoms with Crippen molar-refractivity contribution >= 4 is 29.1 Å². The van der Waals surface area contributed by atoms with Gasteiger partial charge in [0.15, 0.2) is 0 Å². The van der Waals surface area contributed by atoms with E-state index < -0.39 is 0 Å². The summed E-state index contributed by atoms with van der Waals surface area (Å²) in [6, 6.07) is 14.5. The van der Waals surface area contributed by atoms with E-state index in [1.165, 1.54) is 6.92 Å². The van der Waals surface area contributed by atoms with Gasteiger partial charge in [-0.15, -0.1) is 0 Å². The van der Waals surface area contributed by atoms with Crippen molar-refractivity contribution < 1.29 is 14.4 Å². The van der Waals surface area contributed by atoms with Crippen LogP contribution in [0.3, 0.4) is 0 Å². The van der Waals surface area contributed by atoms with Crippen molar-refractivity contribution in [3.63, 3.8) is 0 Å². The average Bonchev–Trinajstić information content (AvgIpc) is 2.53. The van der Waals surface area contributed by atoms with E-state index in [4.69, 9.17) is 0 Å². The van der Waals surface area contributed by atoms with Crippen LogP contribution in [-0.2, 0) is 20.8 Å². The van der Waals surface area contributed by atoms with Crippen molar-refractivity contribution in [1.29, 1.82) is 0 Å². The summed E-state index contributed by atoms with van der Waals surface area (Å²) in [4.78, 5) is 34.9. The number of rotatable bonds is 6. The zero-order valence-corrected chi connectivity index (χ0v) is 14.3. The molecule has 0 saturated carbocycles. The molecule has 0 fully saturated rings. The first-order chi connectivity index (χ1) is 11.9. The molecule has 0 bridgehead atoms. The molecule has 0 aliphatic rings. The Labute approximate surface area is 146 Å². The third-order valence-electron chi connectivity index (χ3n) is 3.36. The highest BCUT2D eigenvalue weighted by Gasteiger charge is 2.08. The summed E-state index contributed by atoms with van der Waals surface area (Å²) in [6.07, 6.45) is 0.229. The molecule has 3 N–H and O–H groups in total. The molecule has 6 heteroatoms. The molecule has 6 nitrogen and oxygen atoms in total. The fraction of sp³-hybridized carbons (Fsp3) is 0.211. The van der Waals surface area contributed by atoms with Crippen LogP contribution in [0.1, 0.15) is 18.1 Å². The Hall–Kier alpha value is -3.15. The molecule has 0 unspecified atom stereocenters. The number of benzene rings is 2. The first-order valence-corrected chi connectivity index (χ1v) is 7.92. The van der Waals surface area contributed by atoms with Gasteiger partial charge in [0, 0.05) is 18.3 Å². The number of nitrogens with one attached hydrogen (secondary N) is 3. The van der Waals surface area contributed by atoms with Crippen LogP contribution in [-0.4, -0.2) is 24.3 Å². The fourth-order valence-electron chi connectivity index (χ4n) is 2.33. The van der Waals surface area contributed by atoms with Crippen molar-refractivity contribution in [3.05, 3.63) is 59.7 Å². The molecule has 0 radical (unpaired) electrons. The third-order valence-corrected chi connectivity index (χ3v) is 3.36. The molecular weight excluding hydrogens is 318 g/mol. The van der Waals surface area contributed by atoms with E-state index in [0.29, 0.717) is 11.4 Å². The Bertz CT molecular complexity index is 787. The number of carbonyl (C=O) groups is 3. The normalized spacial score (nSPS) is 10.0. The van der Waals surface area contributed by atoms with E-state index in [1.807, 2.05) is 31.2 Å². The van der Waals surface area contributed by atoms with Gasteiger partial charge in [0.25, 0.3) is 0 Å². The largest absolute Gasteiger partial charge is 0.347 e. The summed E-state index contributed by atoms with van der Waals surface area (Å²) in [6.45, 7) is 3.26. The molecule has 0 atom stereocenters. The van der Waals surface area contributed by atoms with Crippen LogP contribution in [0, 0.1) is 6.92 Å². The van der Waals surface area contributed by atoms with E-state index in [0.717, 1.165) is 11.1 Å². The Morgan fingerprint density at radius 2 is 1.56 bits per heavy atom. The monoisotopic (exact) mass is 339 g/mol. The van der Waals surface area contributed by atoms with E-state index in [-0.39, 0.29) is 30.7 Å². The standard InChI is InChI=1S/C19H21N3O3/c1-13-5-3-6-15(9-13)10-18(24)20-12-19(25)22-17-8-4-7-16(11-17)21-14(2)23/h3-9,11H,10,12H2,1-2H3,(H,20,24)(H,21,23)(H,22,25). The van der Waals surface area contributed by atoms with E-state index >= 15 is 0 Å². The number of hydrogen-bond acceptors (Lipinski definition) is 3. The molecule has 0 aromatic heterocycles. The van der Waals surface area contributed by atoms with Crippen LogP contribution in [0.4, 0.5) is 11.4 Å². The maximum Gasteiger partial charge on any atom is 0.243 e. The van der Waals surface area contributed by atoms with Gasteiger partial charge in [-0.2, -0.15) is 0 Å². The third kappa shape index (κ3) is 6.47. The quantitative estimate of drug-likeness (QED) is 0.754. The van der Waals surface area contributed by atoms with Gasteiger partial charge in [-0.3, -0.25) is 14.4 Å². The zero-order valence-electron chi connectivity index (χ0n) is 14.3. The van der Waals surface area contributed by atoms with Gasteiger partial charge in [0.05, 0.1) is 13.0 Å². The molecule has 0 heterocycles. The Morgan fingerprint density at radius 1 is 0.880 bits per heavy atom. The minimum absolute atomic E-state index is 0.116. The van der Waals surface area contributed by atoms with Crippen molar-refractivity contribution in [2.45, 2.75) is 20.3 Å². The molecule has 25 heavy (non-hydrogen) atoms. The first kappa shape index (κ1) is 18.2. The highest BCUT2D eigenvalue weighted by molar-refractivity contribution is 5.96. The van der Waals surface area contributed by atoms with Crippen LogP contribution in [0.25, 0.3) is 0 Å². The maximum atomic E-state index is 11.9. The number of amides is 3. The van der Waals surface area contributed by atoms with Gasteiger partial charge in [0.2, 0.25) is 17.7 Å². The molecule has 0 spiro atoms. The lowest BCUT2D eigenvalue weighted by Crippen LogP contribution is -2.33. The van der Waals surface area contributed by atoms with Crippen LogP contribution >= 0.6 is 0 Å². The number of anilines is 2. The predicted octanol–water partition coefficient (Wildman–Crippen LogP) is 2.25. The topological polar surface area (TPSA) is 87.3 Å². The number of carbonyl (C=O) groups excluding carboxylic acids is 3. The van der Waals surface area contributed by atoms with E-state index in [9.17, 15) is 14.4 Å². The smallest absolute Gasteiger partial charge is 0.243 e. The zero-order chi connectivity index (χ0) is 18.2. The molecule has 2 aromatic rings. The van der Waals surface area contributed by atoms with Crippen molar-refractivity contribution in [3.8, 4) is 0 Å². The molecule has 0 aliphatic carbocycles. The van der Waals surface area contributed by atoms with Crippen LogP contribution in [0.5, 0.6) is 0 Å².